The van der Waals surface area contributed by atoms with Crippen molar-refractivity contribution in [3.63, 3.8) is 0 Å². The Labute approximate surface area is 175 Å². The van der Waals surface area contributed by atoms with Crippen LogP contribution in [0.2, 0.25) is 0 Å². The zero-order chi connectivity index (χ0) is 21.7. The minimum atomic E-state index is -0.779. The van der Waals surface area contributed by atoms with Gasteiger partial charge in [0, 0.05) is 24.8 Å². The molecule has 2 aromatic carbocycles. The Balaban J connectivity index is 1.65. The van der Waals surface area contributed by atoms with E-state index in [-0.39, 0.29) is 17.2 Å². The standard InChI is InChI=1S/C22H25N3O5/c1-15(2)17-7-3-4-8-18(17)23-21(26)14-30-22(27)16-9-10-19(20(13-16)25(28)29)24-11-5-6-12-24/h3-4,7-10,13,15H,5-6,11-12,14H2,1-2H3,(H,23,26). The maximum Gasteiger partial charge on any atom is 0.338 e. The fourth-order valence-corrected chi connectivity index (χ4v) is 3.54. The average Bonchev–Trinajstić information content (AvgIpc) is 3.26. The first kappa shape index (κ1) is 21.3. The number of nitrogens with one attached hydrogen (secondary N) is 1. The predicted octanol–water partition coefficient (Wildman–Crippen LogP) is 4.11. The summed E-state index contributed by atoms with van der Waals surface area (Å²) in [5.74, 6) is -1.03. The Morgan fingerprint density at radius 2 is 1.87 bits per heavy atom. The van der Waals surface area contributed by atoms with E-state index in [1.54, 1.807) is 12.1 Å². The van der Waals surface area contributed by atoms with Gasteiger partial charge in [0.05, 0.1) is 10.5 Å². The van der Waals surface area contributed by atoms with Crippen LogP contribution in [-0.4, -0.2) is 36.5 Å². The van der Waals surface area contributed by atoms with E-state index in [1.165, 1.54) is 12.1 Å². The lowest BCUT2D eigenvalue weighted by Gasteiger charge is -2.17. The second kappa shape index (κ2) is 9.39. The molecule has 1 amide bonds. The highest BCUT2D eigenvalue weighted by Gasteiger charge is 2.24. The third kappa shape index (κ3) is 4.94. The zero-order valence-electron chi connectivity index (χ0n) is 17.1. The van der Waals surface area contributed by atoms with Gasteiger partial charge in [-0.25, -0.2) is 4.79 Å². The van der Waals surface area contributed by atoms with Crippen LogP contribution in [0.15, 0.2) is 42.5 Å². The van der Waals surface area contributed by atoms with E-state index >= 15 is 0 Å². The minimum Gasteiger partial charge on any atom is -0.452 e. The molecule has 0 spiro atoms. The number of carbonyl (C=O) groups excluding carboxylic acids is 2. The average molecular weight is 411 g/mol. The number of ether oxygens (including phenoxy) is 1. The van der Waals surface area contributed by atoms with Crippen LogP contribution in [0.25, 0.3) is 0 Å². The Bertz CT molecular complexity index is 952. The molecule has 1 fully saturated rings. The summed E-state index contributed by atoms with van der Waals surface area (Å²) in [6, 6.07) is 11.7. The highest BCUT2D eigenvalue weighted by molar-refractivity contribution is 5.96. The van der Waals surface area contributed by atoms with Crippen LogP contribution in [0.5, 0.6) is 0 Å². The van der Waals surface area contributed by atoms with Gasteiger partial charge in [-0.1, -0.05) is 32.0 Å². The summed E-state index contributed by atoms with van der Waals surface area (Å²) in [5, 5.41) is 14.2. The van der Waals surface area contributed by atoms with Gasteiger partial charge in [0.15, 0.2) is 6.61 Å². The summed E-state index contributed by atoms with van der Waals surface area (Å²) in [6.07, 6.45) is 1.96. The lowest BCUT2D eigenvalue weighted by Crippen LogP contribution is -2.22. The number of carbonyl (C=O) groups is 2. The molecule has 0 aliphatic carbocycles. The second-order valence-corrected chi connectivity index (χ2v) is 7.52. The molecule has 0 bridgehead atoms. The molecule has 3 rings (SSSR count). The fraction of sp³-hybridized carbons (Fsp3) is 0.364. The van der Waals surface area contributed by atoms with E-state index in [2.05, 4.69) is 5.32 Å². The quantitative estimate of drug-likeness (QED) is 0.418. The number of anilines is 2. The molecule has 0 unspecified atom stereocenters. The SMILES string of the molecule is CC(C)c1ccccc1NC(=O)COC(=O)c1ccc(N2CCCC2)c([N+](=O)[O-])c1. The smallest absolute Gasteiger partial charge is 0.338 e. The molecule has 158 valence electrons. The van der Waals surface area contributed by atoms with Gasteiger partial charge in [0.1, 0.15) is 5.69 Å². The number of benzene rings is 2. The number of nitro benzene ring substituents is 1. The number of nitro groups is 1. The monoisotopic (exact) mass is 411 g/mol. The summed E-state index contributed by atoms with van der Waals surface area (Å²) in [5.41, 5.74) is 2.04. The van der Waals surface area contributed by atoms with Crippen LogP contribution in [0.4, 0.5) is 17.1 Å². The van der Waals surface area contributed by atoms with Crippen LogP contribution in [0.3, 0.4) is 0 Å². The molecule has 0 atom stereocenters. The zero-order valence-corrected chi connectivity index (χ0v) is 17.1. The van der Waals surface area contributed by atoms with Crippen molar-refractivity contribution >= 4 is 28.9 Å². The molecule has 1 heterocycles. The van der Waals surface area contributed by atoms with Gasteiger partial charge in [-0.15, -0.1) is 0 Å². The van der Waals surface area contributed by atoms with Crippen LogP contribution in [0.1, 0.15) is 48.5 Å². The lowest BCUT2D eigenvalue weighted by molar-refractivity contribution is -0.384. The van der Waals surface area contributed by atoms with Crippen molar-refractivity contribution < 1.29 is 19.2 Å². The molecule has 8 nitrogen and oxygen atoms in total. The van der Waals surface area contributed by atoms with E-state index in [0.717, 1.165) is 31.5 Å². The number of esters is 1. The number of amides is 1. The van der Waals surface area contributed by atoms with Crippen molar-refractivity contribution in [2.24, 2.45) is 0 Å². The summed E-state index contributed by atoms with van der Waals surface area (Å²) in [4.78, 5) is 37.5. The molecule has 30 heavy (non-hydrogen) atoms. The van der Waals surface area contributed by atoms with Gasteiger partial charge in [-0.3, -0.25) is 14.9 Å². The van der Waals surface area contributed by atoms with Crippen molar-refractivity contribution in [3.05, 3.63) is 63.7 Å². The van der Waals surface area contributed by atoms with Gasteiger partial charge < -0.3 is 15.0 Å². The highest BCUT2D eigenvalue weighted by atomic mass is 16.6. The van der Waals surface area contributed by atoms with E-state index in [1.807, 2.05) is 36.9 Å². The molecular formula is C22H25N3O5. The largest absolute Gasteiger partial charge is 0.452 e. The normalized spacial score (nSPS) is 13.4. The predicted molar refractivity (Wildman–Crippen MR) is 114 cm³/mol. The van der Waals surface area contributed by atoms with Crippen LogP contribution in [-0.2, 0) is 9.53 Å². The van der Waals surface area contributed by atoms with E-state index in [4.69, 9.17) is 4.74 Å². The summed E-state index contributed by atoms with van der Waals surface area (Å²) in [7, 11) is 0. The number of para-hydroxylation sites is 1. The third-order valence-corrected chi connectivity index (χ3v) is 5.05. The maximum atomic E-state index is 12.3. The number of hydrogen-bond donors (Lipinski definition) is 1. The van der Waals surface area contributed by atoms with Crippen molar-refractivity contribution in [3.8, 4) is 0 Å². The summed E-state index contributed by atoms with van der Waals surface area (Å²) < 4.78 is 5.08. The van der Waals surface area contributed by atoms with Gasteiger partial charge in [-0.05, 0) is 42.5 Å². The first-order valence-corrected chi connectivity index (χ1v) is 9.96. The third-order valence-electron chi connectivity index (χ3n) is 5.05. The van der Waals surface area contributed by atoms with Gasteiger partial charge >= 0.3 is 5.97 Å². The Morgan fingerprint density at radius 1 is 1.17 bits per heavy atom. The van der Waals surface area contributed by atoms with E-state index in [9.17, 15) is 19.7 Å². The first-order chi connectivity index (χ1) is 14.4. The lowest BCUT2D eigenvalue weighted by atomic mass is 10.0. The molecule has 2 aromatic rings. The van der Waals surface area contributed by atoms with Crippen LogP contribution >= 0.6 is 0 Å². The van der Waals surface area contributed by atoms with Crippen molar-refractivity contribution in [2.45, 2.75) is 32.6 Å². The van der Waals surface area contributed by atoms with Gasteiger partial charge in [-0.2, -0.15) is 0 Å². The Kier molecular flexibility index (Phi) is 6.66. The fourth-order valence-electron chi connectivity index (χ4n) is 3.54. The molecule has 8 heteroatoms. The second-order valence-electron chi connectivity index (χ2n) is 7.52. The van der Waals surface area contributed by atoms with Gasteiger partial charge in [0.25, 0.3) is 11.6 Å². The maximum absolute atomic E-state index is 12.3. The van der Waals surface area contributed by atoms with Crippen LogP contribution < -0.4 is 10.2 Å². The number of hydrogen-bond acceptors (Lipinski definition) is 6. The first-order valence-electron chi connectivity index (χ1n) is 9.96. The summed E-state index contributed by atoms with van der Waals surface area (Å²) in [6.45, 7) is 5.06. The molecule has 1 N–H and O–H groups in total. The van der Waals surface area contributed by atoms with E-state index in [0.29, 0.717) is 11.4 Å². The Hall–Kier alpha value is -3.42. The minimum absolute atomic E-state index is 0.0417. The van der Waals surface area contributed by atoms with Crippen molar-refractivity contribution in [2.75, 3.05) is 29.9 Å². The van der Waals surface area contributed by atoms with E-state index < -0.39 is 23.4 Å². The number of rotatable bonds is 7. The summed E-state index contributed by atoms with van der Waals surface area (Å²) >= 11 is 0. The number of nitrogens with zero attached hydrogens (tertiary/aromatic N) is 2. The highest BCUT2D eigenvalue weighted by Crippen LogP contribution is 2.32. The molecule has 1 aliphatic heterocycles. The van der Waals surface area contributed by atoms with Crippen molar-refractivity contribution in [1.82, 2.24) is 0 Å². The molecule has 0 radical (unpaired) electrons. The van der Waals surface area contributed by atoms with Crippen molar-refractivity contribution in [1.29, 1.82) is 0 Å². The molecule has 1 aliphatic rings. The molecular weight excluding hydrogens is 386 g/mol. The molecule has 0 aromatic heterocycles. The topological polar surface area (TPSA) is 102 Å². The Morgan fingerprint density at radius 3 is 2.53 bits per heavy atom. The van der Waals surface area contributed by atoms with Gasteiger partial charge in [0.2, 0.25) is 0 Å². The molecule has 1 saturated heterocycles. The molecule has 0 saturated carbocycles. The van der Waals surface area contributed by atoms with Crippen LogP contribution in [0, 0.1) is 10.1 Å².